The molecule has 1 saturated carbocycles. The molecule has 1 atom stereocenters. The van der Waals surface area contributed by atoms with E-state index < -0.39 is 8.32 Å². The van der Waals surface area contributed by atoms with Crippen LogP contribution in [0.5, 0.6) is 0 Å². The van der Waals surface area contributed by atoms with E-state index in [-0.39, 0.29) is 0 Å². The molecule has 108 valence electrons. The summed E-state index contributed by atoms with van der Waals surface area (Å²) in [5.41, 5.74) is 5.99. The zero-order valence-corrected chi connectivity index (χ0v) is 14.3. The molecule has 1 fully saturated rings. The van der Waals surface area contributed by atoms with Crippen molar-refractivity contribution in [1.29, 1.82) is 0 Å². The summed E-state index contributed by atoms with van der Waals surface area (Å²) in [4.78, 5) is 0. The third-order valence-corrected chi connectivity index (χ3v) is 9.62. The van der Waals surface area contributed by atoms with E-state index in [4.69, 9.17) is 10.2 Å². The molecule has 0 radical (unpaired) electrons. The molecule has 0 aromatic rings. The highest BCUT2D eigenvalue weighted by Gasteiger charge is 2.37. The molecule has 0 amide bonds. The molecular weight excluding hydrogens is 238 g/mol. The molecule has 3 heteroatoms. The van der Waals surface area contributed by atoms with Crippen LogP contribution < -0.4 is 5.73 Å². The van der Waals surface area contributed by atoms with Crippen LogP contribution in [-0.4, -0.2) is 21.0 Å². The number of hydrogen-bond acceptors (Lipinski definition) is 2. The molecule has 2 N–H and O–H groups in total. The van der Waals surface area contributed by atoms with Gasteiger partial charge in [-0.1, -0.05) is 20.8 Å². The van der Waals surface area contributed by atoms with E-state index >= 15 is 0 Å². The maximum Gasteiger partial charge on any atom is 0.191 e. The smallest absolute Gasteiger partial charge is 0.191 e. The van der Waals surface area contributed by atoms with Crippen LogP contribution >= 0.6 is 0 Å². The molecule has 0 spiro atoms. The summed E-state index contributed by atoms with van der Waals surface area (Å²) in [5, 5.41) is 0.329. The van der Waals surface area contributed by atoms with Crippen molar-refractivity contribution in [3.63, 3.8) is 0 Å². The Morgan fingerprint density at radius 1 is 1.17 bits per heavy atom. The Morgan fingerprint density at radius 3 is 2.06 bits per heavy atom. The van der Waals surface area contributed by atoms with Gasteiger partial charge in [0.2, 0.25) is 0 Å². The van der Waals surface area contributed by atoms with Crippen LogP contribution in [-0.2, 0) is 4.43 Å². The zero-order chi connectivity index (χ0) is 14.0. The molecule has 0 aliphatic heterocycles. The van der Waals surface area contributed by atoms with Gasteiger partial charge in [0, 0.05) is 12.6 Å². The normalized spacial score (nSPS) is 28.2. The van der Waals surface area contributed by atoms with Crippen LogP contribution in [0.1, 0.15) is 53.4 Å². The Bertz CT molecular complexity index is 250. The second kappa shape index (κ2) is 6.06. The minimum absolute atomic E-state index is 0.329. The Labute approximate surface area is 115 Å². The van der Waals surface area contributed by atoms with Gasteiger partial charge in [0.05, 0.1) is 0 Å². The molecular formula is C15H33NOSi. The summed E-state index contributed by atoms with van der Waals surface area (Å²) in [6.07, 6.45) is 5.20. The summed E-state index contributed by atoms with van der Waals surface area (Å²) in [5.74, 6) is 1.52. The van der Waals surface area contributed by atoms with Gasteiger partial charge < -0.3 is 10.2 Å². The third-order valence-electron chi connectivity index (χ3n) is 5.12. The molecule has 0 aromatic carbocycles. The van der Waals surface area contributed by atoms with Gasteiger partial charge in [-0.05, 0) is 62.6 Å². The topological polar surface area (TPSA) is 35.2 Å². The van der Waals surface area contributed by atoms with Gasteiger partial charge in [-0.2, -0.15) is 0 Å². The van der Waals surface area contributed by atoms with Crippen LogP contribution in [0, 0.1) is 11.8 Å². The van der Waals surface area contributed by atoms with E-state index in [9.17, 15) is 0 Å². The standard InChI is InChI=1S/C15H33NOSi/c1-12(16)14-9-7-13(8-10-14)11-17-18(5,6)15(2,3)4/h12-14H,7-11,16H2,1-6H3/t12-,13?,14?/m0/s1. The highest BCUT2D eigenvalue weighted by Crippen LogP contribution is 2.38. The lowest BCUT2D eigenvalue weighted by atomic mass is 9.79. The Balaban J connectivity index is 2.34. The van der Waals surface area contributed by atoms with Crippen molar-refractivity contribution in [3.05, 3.63) is 0 Å². The second-order valence-electron chi connectivity index (χ2n) is 7.71. The first-order chi connectivity index (χ1) is 8.13. The van der Waals surface area contributed by atoms with Crippen molar-refractivity contribution >= 4 is 8.32 Å². The van der Waals surface area contributed by atoms with E-state index in [1.807, 2.05) is 0 Å². The molecule has 1 rings (SSSR count). The van der Waals surface area contributed by atoms with Crippen molar-refractivity contribution in [1.82, 2.24) is 0 Å². The predicted octanol–water partition coefficient (Wildman–Crippen LogP) is 4.16. The first kappa shape index (κ1) is 16.2. The Morgan fingerprint density at radius 2 is 1.67 bits per heavy atom. The summed E-state index contributed by atoms with van der Waals surface area (Å²) in [6, 6.07) is 0.368. The maximum atomic E-state index is 6.34. The first-order valence-corrected chi connectivity index (χ1v) is 10.4. The van der Waals surface area contributed by atoms with Gasteiger partial charge in [0.25, 0.3) is 0 Å². The maximum absolute atomic E-state index is 6.34. The molecule has 0 unspecified atom stereocenters. The lowest BCUT2D eigenvalue weighted by molar-refractivity contribution is 0.163. The monoisotopic (exact) mass is 271 g/mol. The first-order valence-electron chi connectivity index (χ1n) is 7.53. The van der Waals surface area contributed by atoms with Gasteiger partial charge in [0.1, 0.15) is 0 Å². The fourth-order valence-corrected chi connectivity index (χ4v) is 3.51. The number of hydrogen-bond donors (Lipinski definition) is 1. The summed E-state index contributed by atoms with van der Waals surface area (Å²) in [6.45, 7) is 14.8. The quantitative estimate of drug-likeness (QED) is 0.779. The molecule has 0 saturated heterocycles. The highest BCUT2D eigenvalue weighted by molar-refractivity contribution is 6.74. The van der Waals surface area contributed by atoms with Crippen molar-refractivity contribution in [2.45, 2.75) is 77.6 Å². The predicted molar refractivity (Wildman–Crippen MR) is 82.2 cm³/mol. The zero-order valence-electron chi connectivity index (χ0n) is 13.3. The molecule has 2 nitrogen and oxygen atoms in total. The van der Waals surface area contributed by atoms with Crippen LogP contribution in [0.15, 0.2) is 0 Å². The minimum atomic E-state index is -1.55. The van der Waals surface area contributed by atoms with E-state index in [0.29, 0.717) is 11.1 Å². The second-order valence-corrected chi connectivity index (χ2v) is 12.5. The summed E-state index contributed by atoms with van der Waals surface area (Å²) in [7, 11) is -1.55. The summed E-state index contributed by atoms with van der Waals surface area (Å²) < 4.78 is 6.34. The van der Waals surface area contributed by atoms with Crippen LogP contribution in [0.3, 0.4) is 0 Å². The van der Waals surface area contributed by atoms with Gasteiger partial charge in [-0.25, -0.2) is 0 Å². The van der Waals surface area contributed by atoms with Crippen molar-refractivity contribution < 1.29 is 4.43 Å². The van der Waals surface area contributed by atoms with E-state index in [1.54, 1.807) is 0 Å². The average Bonchev–Trinajstić information content (AvgIpc) is 2.25. The molecule has 0 bridgehead atoms. The Hall–Kier alpha value is 0.137. The fraction of sp³-hybridized carbons (Fsp3) is 1.00. The van der Waals surface area contributed by atoms with E-state index in [2.05, 4.69) is 40.8 Å². The SMILES string of the molecule is C[C@H](N)C1CCC(CO[Si](C)(C)C(C)(C)C)CC1. The largest absolute Gasteiger partial charge is 0.417 e. The molecule has 0 heterocycles. The molecule has 1 aliphatic rings. The van der Waals surface area contributed by atoms with Crippen molar-refractivity contribution in [2.24, 2.45) is 17.6 Å². The lowest BCUT2D eigenvalue weighted by Gasteiger charge is -2.38. The third kappa shape index (κ3) is 4.36. The van der Waals surface area contributed by atoms with Gasteiger partial charge in [-0.15, -0.1) is 0 Å². The van der Waals surface area contributed by atoms with Gasteiger partial charge in [0.15, 0.2) is 8.32 Å². The summed E-state index contributed by atoms with van der Waals surface area (Å²) >= 11 is 0. The van der Waals surface area contributed by atoms with Gasteiger partial charge in [-0.3, -0.25) is 0 Å². The fourth-order valence-electron chi connectivity index (χ4n) is 2.42. The highest BCUT2D eigenvalue weighted by atomic mass is 28.4. The van der Waals surface area contributed by atoms with Crippen molar-refractivity contribution in [3.8, 4) is 0 Å². The van der Waals surface area contributed by atoms with Crippen molar-refractivity contribution in [2.75, 3.05) is 6.61 Å². The Kier molecular flexibility index (Phi) is 5.45. The van der Waals surface area contributed by atoms with Gasteiger partial charge >= 0.3 is 0 Å². The molecule has 0 aromatic heterocycles. The lowest BCUT2D eigenvalue weighted by Crippen LogP contribution is -2.42. The van der Waals surface area contributed by atoms with Crippen LogP contribution in [0.4, 0.5) is 0 Å². The minimum Gasteiger partial charge on any atom is -0.417 e. The average molecular weight is 272 g/mol. The molecule has 18 heavy (non-hydrogen) atoms. The number of rotatable bonds is 4. The number of nitrogens with two attached hydrogens (primary N) is 1. The molecule has 1 aliphatic carbocycles. The van der Waals surface area contributed by atoms with Crippen LogP contribution in [0.25, 0.3) is 0 Å². The van der Waals surface area contributed by atoms with E-state index in [1.165, 1.54) is 25.7 Å². The van der Waals surface area contributed by atoms with E-state index in [0.717, 1.165) is 18.4 Å². The van der Waals surface area contributed by atoms with Crippen LogP contribution in [0.2, 0.25) is 18.1 Å².